The quantitative estimate of drug-likeness (QED) is 0.224. The van der Waals surface area contributed by atoms with Crippen LogP contribution in [0.4, 0.5) is 0 Å². The van der Waals surface area contributed by atoms with Crippen LogP contribution in [0.5, 0.6) is 0 Å². The zero-order valence-electron chi connectivity index (χ0n) is 22.9. The van der Waals surface area contributed by atoms with Crippen LogP contribution in [0.25, 0.3) is 77.2 Å². The highest BCUT2D eigenvalue weighted by Gasteiger charge is 2.14. The van der Waals surface area contributed by atoms with Crippen LogP contribution in [0, 0.1) is 0 Å². The molecule has 0 saturated carbocycles. The summed E-state index contributed by atoms with van der Waals surface area (Å²) < 4.78 is 0. The molecule has 0 saturated heterocycles. The van der Waals surface area contributed by atoms with E-state index in [0.29, 0.717) is 0 Å². The number of hydrogen-bond acceptors (Lipinski definition) is 2. The number of nitrogens with zero attached hydrogens (tertiary/aromatic N) is 2. The highest BCUT2D eigenvalue weighted by molar-refractivity contribution is 6.00. The predicted octanol–water partition coefficient (Wildman–Crippen LogP) is 10.6. The van der Waals surface area contributed by atoms with Gasteiger partial charge >= 0.3 is 0 Å². The zero-order valence-corrected chi connectivity index (χ0v) is 22.9. The molecule has 8 aromatic rings. The van der Waals surface area contributed by atoms with E-state index in [9.17, 15) is 0 Å². The Morgan fingerprint density at radius 1 is 0.357 bits per heavy atom. The number of benzene rings is 6. The molecule has 0 bridgehead atoms. The average Bonchev–Trinajstić information content (AvgIpc) is 3.07. The Labute approximate surface area is 244 Å². The summed E-state index contributed by atoms with van der Waals surface area (Å²) in [6, 6.07) is 53.7. The molecule has 42 heavy (non-hydrogen) atoms. The minimum atomic E-state index is 0.959. The number of fused-ring (bicyclic) bond motifs is 3. The molecule has 0 N–H and O–H groups in total. The van der Waals surface area contributed by atoms with Crippen LogP contribution < -0.4 is 0 Å². The van der Waals surface area contributed by atoms with Crippen LogP contribution in [0.2, 0.25) is 0 Å². The van der Waals surface area contributed by atoms with Gasteiger partial charge in [-0.1, -0.05) is 127 Å². The minimum Gasteiger partial charge on any atom is -0.256 e. The highest BCUT2D eigenvalue weighted by atomic mass is 14.7. The van der Waals surface area contributed by atoms with Crippen molar-refractivity contribution in [2.45, 2.75) is 0 Å². The van der Waals surface area contributed by atoms with Gasteiger partial charge < -0.3 is 0 Å². The molecule has 0 aliphatic rings. The monoisotopic (exact) mass is 534 g/mol. The van der Waals surface area contributed by atoms with E-state index in [4.69, 9.17) is 9.97 Å². The first kappa shape index (κ1) is 24.2. The van der Waals surface area contributed by atoms with Gasteiger partial charge in [0.25, 0.3) is 0 Å². The summed E-state index contributed by atoms with van der Waals surface area (Å²) in [5, 5.41) is 7.15. The number of pyridine rings is 2. The van der Waals surface area contributed by atoms with Gasteiger partial charge in [-0.25, -0.2) is 4.98 Å². The van der Waals surface area contributed by atoms with Crippen LogP contribution in [0.3, 0.4) is 0 Å². The van der Waals surface area contributed by atoms with E-state index < -0.39 is 0 Å². The standard InChI is InChI=1S/C40H26N2/c1-4-17-33-27(10-1)13-8-20-36(33)38-25-32(26-39(42-38)37-21-9-14-28-11-2-5-18-34(28)37)30-15-7-16-31(24-30)40-35-19-6-3-12-29(35)22-23-41-40/h1-26H. The first-order valence-electron chi connectivity index (χ1n) is 14.2. The molecular weight excluding hydrogens is 508 g/mol. The fourth-order valence-electron chi connectivity index (χ4n) is 6.07. The van der Waals surface area contributed by atoms with Crippen molar-refractivity contribution in [3.8, 4) is 44.9 Å². The molecule has 0 spiro atoms. The second-order valence-electron chi connectivity index (χ2n) is 10.6. The highest BCUT2D eigenvalue weighted by Crippen LogP contribution is 2.37. The Balaban J connectivity index is 1.37. The Morgan fingerprint density at radius 2 is 0.857 bits per heavy atom. The Morgan fingerprint density at radius 3 is 1.50 bits per heavy atom. The lowest BCUT2D eigenvalue weighted by molar-refractivity contribution is 1.33. The molecular formula is C40H26N2. The third-order valence-electron chi connectivity index (χ3n) is 8.10. The van der Waals surface area contributed by atoms with Crippen molar-refractivity contribution in [2.24, 2.45) is 0 Å². The van der Waals surface area contributed by atoms with E-state index in [1.54, 1.807) is 0 Å². The molecule has 0 amide bonds. The number of rotatable bonds is 4. The third kappa shape index (κ3) is 4.22. The lowest BCUT2D eigenvalue weighted by Gasteiger charge is -2.14. The molecule has 0 atom stereocenters. The summed E-state index contributed by atoms with van der Waals surface area (Å²) in [5.41, 5.74) is 8.52. The van der Waals surface area contributed by atoms with Gasteiger partial charge in [0.2, 0.25) is 0 Å². The molecule has 2 heteroatoms. The van der Waals surface area contributed by atoms with Gasteiger partial charge in [-0.05, 0) is 62.3 Å². The summed E-state index contributed by atoms with van der Waals surface area (Å²) in [4.78, 5) is 10.1. The van der Waals surface area contributed by atoms with Gasteiger partial charge in [-0.2, -0.15) is 0 Å². The molecule has 0 aliphatic heterocycles. The zero-order chi connectivity index (χ0) is 27.9. The molecule has 0 unspecified atom stereocenters. The van der Waals surface area contributed by atoms with Crippen LogP contribution >= 0.6 is 0 Å². The smallest absolute Gasteiger partial charge is 0.0780 e. The van der Waals surface area contributed by atoms with E-state index in [1.807, 2.05) is 6.20 Å². The summed E-state index contributed by atoms with van der Waals surface area (Å²) in [7, 11) is 0. The maximum atomic E-state index is 5.31. The first-order chi connectivity index (χ1) is 20.8. The van der Waals surface area contributed by atoms with Crippen molar-refractivity contribution >= 4 is 32.3 Å². The van der Waals surface area contributed by atoms with E-state index in [0.717, 1.165) is 50.3 Å². The van der Waals surface area contributed by atoms with Crippen LogP contribution in [-0.4, -0.2) is 9.97 Å². The topological polar surface area (TPSA) is 25.8 Å². The van der Waals surface area contributed by atoms with E-state index >= 15 is 0 Å². The van der Waals surface area contributed by atoms with E-state index in [-0.39, 0.29) is 0 Å². The van der Waals surface area contributed by atoms with Crippen molar-refractivity contribution < 1.29 is 0 Å². The second kappa shape index (κ2) is 10.1. The number of hydrogen-bond donors (Lipinski definition) is 0. The minimum absolute atomic E-state index is 0.959. The van der Waals surface area contributed by atoms with Gasteiger partial charge in [0.1, 0.15) is 0 Å². The van der Waals surface area contributed by atoms with Gasteiger partial charge in [-0.3, -0.25) is 4.98 Å². The molecule has 2 nitrogen and oxygen atoms in total. The van der Waals surface area contributed by atoms with Crippen molar-refractivity contribution in [1.29, 1.82) is 0 Å². The SMILES string of the molecule is c1cc(-c2cc(-c3cccc4ccccc34)nc(-c3cccc4ccccc34)c2)cc(-c2nccc3ccccc23)c1. The molecule has 0 aliphatic carbocycles. The van der Waals surface area contributed by atoms with Crippen LogP contribution in [0.15, 0.2) is 158 Å². The van der Waals surface area contributed by atoms with Crippen molar-refractivity contribution in [2.75, 3.05) is 0 Å². The molecule has 6 aromatic carbocycles. The lowest BCUT2D eigenvalue weighted by Crippen LogP contribution is -1.93. The van der Waals surface area contributed by atoms with Crippen molar-refractivity contribution in [1.82, 2.24) is 9.97 Å². The summed E-state index contributed by atoms with van der Waals surface area (Å²) in [6.45, 7) is 0. The normalized spacial score (nSPS) is 11.3. The largest absolute Gasteiger partial charge is 0.256 e. The average molecular weight is 535 g/mol. The lowest BCUT2D eigenvalue weighted by atomic mass is 9.94. The maximum Gasteiger partial charge on any atom is 0.0780 e. The molecule has 0 fully saturated rings. The summed E-state index contributed by atoms with van der Waals surface area (Å²) in [6.07, 6.45) is 1.90. The van der Waals surface area contributed by atoms with Gasteiger partial charge in [0, 0.05) is 28.3 Å². The van der Waals surface area contributed by atoms with Gasteiger partial charge in [-0.15, -0.1) is 0 Å². The molecule has 2 heterocycles. The Hall–Kier alpha value is -5.60. The van der Waals surface area contributed by atoms with Crippen LogP contribution in [0.1, 0.15) is 0 Å². The molecule has 8 rings (SSSR count). The number of aromatic nitrogens is 2. The second-order valence-corrected chi connectivity index (χ2v) is 10.6. The van der Waals surface area contributed by atoms with Gasteiger partial charge in [0.15, 0.2) is 0 Å². The van der Waals surface area contributed by atoms with Crippen molar-refractivity contribution in [3.63, 3.8) is 0 Å². The molecule has 0 radical (unpaired) electrons. The fraction of sp³-hybridized carbons (Fsp3) is 0. The fourth-order valence-corrected chi connectivity index (χ4v) is 6.07. The van der Waals surface area contributed by atoms with Crippen molar-refractivity contribution in [3.05, 3.63) is 158 Å². The van der Waals surface area contributed by atoms with E-state index in [2.05, 4.69) is 152 Å². The first-order valence-corrected chi connectivity index (χ1v) is 14.2. The van der Waals surface area contributed by atoms with Crippen LogP contribution in [-0.2, 0) is 0 Å². The maximum absolute atomic E-state index is 5.31. The summed E-state index contributed by atoms with van der Waals surface area (Å²) >= 11 is 0. The Bertz CT molecular complexity index is 2150. The molecule has 196 valence electrons. The molecule has 2 aromatic heterocycles. The Kier molecular flexibility index (Phi) is 5.82. The summed E-state index contributed by atoms with van der Waals surface area (Å²) in [5.74, 6) is 0. The third-order valence-corrected chi connectivity index (χ3v) is 8.10. The predicted molar refractivity (Wildman–Crippen MR) is 176 cm³/mol. The van der Waals surface area contributed by atoms with E-state index in [1.165, 1.54) is 26.9 Å². The van der Waals surface area contributed by atoms with Gasteiger partial charge in [0.05, 0.1) is 17.1 Å².